The number of benzene rings is 5. The van der Waals surface area contributed by atoms with Crippen molar-refractivity contribution in [3.8, 4) is 28.4 Å². The summed E-state index contributed by atoms with van der Waals surface area (Å²) >= 11 is 0. The van der Waals surface area contributed by atoms with E-state index in [0.717, 1.165) is 46.6 Å². The van der Waals surface area contributed by atoms with Crippen molar-refractivity contribution in [3.63, 3.8) is 0 Å². The normalized spacial score (nSPS) is 20.1. The summed E-state index contributed by atoms with van der Waals surface area (Å²) in [6.07, 6.45) is 10.3. The zero-order valence-corrected chi connectivity index (χ0v) is 24.7. The van der Waals surface area contributed by atoms with Gasteiger partial charge in [0.15, 0.2) is 5.60 Å². The minimum Gasteiger partial charge on any atom is -0.497 e. The van der Waals surface area contributed by atoms with Crippen LogP contribution >= 0.6 is 0 Å². The van der Waals surface area contributed by atoms with E-state index in [-0.39, 0.29) is 0 Å². The Bertz CT molecular complexity index is 1910. The first kappa shape index (κ1) is 25.0. The van der Waals surface area contributed by atoms with Crippen LogP contribution in [-0.4, -0.2) is 14.2 Å². The highest BCUT2D eigenvalue weighted by molar-refractivity contribution is 6.10. The summed E-state index contributed by atoms with van der Waals surface area (Å²) in [6, 6.07) is 30.4. The Morgan fingerprint density at radius 3 is 2.09 bits per heavy atom. The maximum atomic E-state index is 7.50. The van der Waals surface area contributed by atoms with E-state index in [1.807, 2.05) is 0 Å². The molecular weight excluding hydrogens is 528 g/mol. The van der Waals surface area contributed by atoms with Crippen LogP contribution in [0.25, 0.3) is 28.0 Å². The second-order valence-electron chi connectivity index (χ2n) is 12.5. The molecule has 5 aromatic rings. The summed E-state index contributed by atoms with van der Waals surface area (Å²) in [6.45, 7) is 0. The molecule has 0 saturated heterocycles. The summed E-state index contributed by atoms with van der Waals surface area (Å²) in [5.41, 5.74) is 11.4. The predicted molar refractivity (Wildman–Crippen MR) is 173 cm³/mol. The van der Waals surface area contributed by atoms with Crippen LogP contribution in [0.4, 0.5) is 0 Å². The maximum absolute atomic E-state index is 7.50. The quantitative estimate of drug-likeness (QED) is 0.218. The van der Waals surface area contributed by atoms with E-state index in [1.165, 1.54) is 63.6 Å². The van der Waals surface area contributed by atoms with Gasteiger partial charge in [0.1, 0.15) is 17.2 Å². The molecule has 1 aliphatic heterocycles. The van der Waals surface area contributed by atoms with E-state index < -0.39 is 5.60 Å². The smallest absolute Gasteiger partial charge is 0.178 e. The first-order valence-electron chi connectivity index (χ1n) is 15.6. The molecule has 212 valence electrons. The fourth-order valence-corrected chi connectivity index (χ4v) is 8.72. The molecule has 9 rings (SSSR count). The van der Waals surface area contributed by atoms with Gasteiger partial charge in [0.05, 0.1) is 14.2 Å². The lowest BCUT2D eigenvalue weighted by molar-refractivity contribution is 0.163. The molecule has 0 spiro atoms. The van der Waals surface area contributed by atoms with Gasteiger partial charge in [-0.2, -0.15) is 0 Å². The number of ether oxygens (including phenoxy) is 3. The highest BCUT2D eigenvalue weighted by Gasteiger charge is 2.45. The van der Waals surface area contributed by atoms with Crippen molar-refractivity contribution >= 4 is 16.8 Å². The zero-order chi connectivity index (χ0) is 28.7. The second-order valence-corrected chi connectivity index (χ2v) is 12.5. The summed E-state index contributed by atoms with van der Waals surface area (Å²) in [4.78, 5) is 0. The Morgan fingerprint density at radius 1 is 0.721 bits per heavy atom. The fourth-order valence-electron chi connectivity index (χ4n) is 8.72. The highest BCUT2D eigenvalue weighted by atomic mass is 16.5. The summed E-state index contributed by atoms with van der Waals surface area (Å²) in [7, 11) is 3.57. The Hall–Kier alpha value is -4.50. The molecule has 0 aromatic heterocycles. The molecule has 3 aliphatic carbocycles. The lowest BCUT2D eigenvalue weighted by Crippen LogP contribution is -2.35. The average molecular weight is 563 g/mol. The maximum Gasteiger partial charge on any atom is 0.178 e. The first-order chi connectivity index (χ1) is 21.2. The molecule has 2 unspecified atom stereocenters. The minimum absolute atomic E-state index is 0.461. The number of rotatable bonds is 4. The van der Waals surface area contributed by atoms with Gasteiger partial charge in [0.2, 0.25) is 0 Å². The van der Waals surface area contributed by atoms with Crippen LogP contribution in [-0.2, 0) is 18.4 Å². The topological polar surface area (TPSA) is 27.7 Å². The van der Waals surface area contributed by atoms with Crippen LogP contribution in [0.1, 0.15) is 70.0 Å². The molecular formula is C40H34O3. The molecule has 4 aliphatic rings. The monoisotopic (exact) mass is 562 g/mol. The molecule has 1 heterocycles. The Kier molecular flexibility index (Phi) is 5.39. The van der Waals surface area contributed by atoms with Crippen LogP contribution in [0.2, 0.25) is 0 Å². The van der Waals surface area contributed by atoms with Gasteiger partial charge in [-0.05, 0) is 107 Å². The molecule has 1 fully saturated rings. The van der Waals surface area contributed by atoms with Gasteiger partial charge in [-0.1, -0.05) is 73.2 Å². The van der Waals surface area contributed by atoms with Crippen LogP contribution < -0.4 is 14.2 Å². The lowest BCUT2D eigenvalue weighted by atomic mass is 9.68. The molecule has 2 atom stereocenters. The summed E-state index contributed by atoms with van der Waals surface area (Å²) in [5, 5.41) is 2.49. The van der Waals surface area contributed by atoms with E-state index in [9.17, 15) is 0 Å². The first-order valence-corrected chi connectivity index (χ1v) is 15.6. The summed E-state index contributed by atoms with van der Waals surface area (Å²) in [5.74, 6) is 3.81. The molecule has 0 bridgehead atoms. The van der Waals surface area contributed by atoms with E-state index in [2.05, 4.69) is 97.1 Å². The molecule has 43 heavy (non-hydrogen) atoms. The van der Waals surface area contributed by atoms with Crippen molar-refractivity contribution in [1.29, 1.82) is 0 Å². The van der Waals surface area contributed by atoms with Crippen molar-refractivity contribution in [2.45, 2.75) is 49.5 Å². The fraction of sp³-hybridized carbons (Fsp3) is 0.250. The molecule has 3 heteroatoms. The largest absolute Gasteiger partial charge is 0.497 e. The van der Waals surface area contributed by atoms with Crippen molar-refractivity contribution in [1.82, 2.24) is 0 Å². The highest BCUT2D eigenvalue weighted by Crippen LogP contribution is 2.62. The molecule has 3 nitrogen and oxygen atoms in total. The van der Waals surface area contributed by atoms with Crippen LogP contribution in [0, 0.1) is 0 Å². The van der Waals surface area contributed by atoms with Crippen LogP contribution in [0.3, 0.4) is 0 Å². The van der Waals surface area contributed by atoms with Gasteiger partial charge >= 0.3 is 0 Å². The van der Waals surface area contributed by atoms with Gasteiger partial charge in [-0.25, -0.2) is 0 Å². The number of methoxy groups -OCH3 is 2. The van der Waals surface area contributed by atoms with Gasteiger partial charge in [0.25, 0.3) is 0 Å². The SMILES string of the molecule is COc1cc2c3c(c1)C1CCCC1c1c4c(c5cc(OC)cc(c5c1-3)CC2)OC(c1ccccc1)(c1ccccc1)C=C4. The van der Waals surface area contributed by atoms with Crippen molar-refractivity contribution in [2.24, 2.45) is 0 Å². The summed E-state index contributed by atoms with van der Waals surface area (Å²) < 4.78 is 19.3. The zero-order valence-electron chi connectivity index (χ0n) is 24.7. The molecule has 1 saturated carbocycles. The molecule has 5 aromatic carbocycles. The molecule has 0 amide bonds. The molecule has 0 N–H and O–H groups in total. The van der Waals surface area contributed by atoms with Crippen molar-refractivity contribution in [2.75, 3.05) is 14.2 Å². The lowest BCUT2D eigenvalue weighted by Gasteiger charge is -2.40. The second kappa shape index (κ2) is 9.25. The Labute approximate surface area is 252 Å². The van der Waals surface area contributed by atoms with E-state index in [0.29, 0.717) is 11.8 Å². The van der Waals surface area contributed by atoms with Gasteiger partial charge in [0, 0.05) is 22.1 Å². The number of fused-ring (bicyclic) bond motifs is 6. The van der Waals surface area contributed by atoms with Gasteiger partial charge in [-0.15, -0.1) is 0 Å². The Morgan fingerprint density at radius 2 is 1.37 bits per heavy atom. The van der Waals surface area contributed by atoms with Crippen LogP contribution in [0.15, 0.2) is 91.0 Å². The Balaban J connectivity index is 1.41. The van der Waals surface area contributed by atoms with Gasteiger partial charge < -0.3 is 14.2 Å². The number of hydrogen-bond acceptors (Lipinski definition) is 3. The van der Waals surface area contributed by atoms with Gasteiger partial charge in [-0.3, -0.25) is 0 Å². The number of hydrogen-bond donors (Lipinski definition) is 0. The average Bonchev–Trinajstić information content (AvgIpc) is 3.51. The van der Waals surface area contributed by atoms with Crippen molar-refractivity contribution in [3.05, 3.63) is 130 Å². The molecule has 0 radical (unpaired) electrons. The third kappa shape index (κ3) is 3.42. The van der Waals surface area contributed by atoms with E-state index in [4.69, 9.17) is 14.2 Å². The standard InChI is InChI=1S/C40H34O3/c1-41-28-20-24-16-17-25-21-29(42-2)23-34-36(25)38-35(24)33(22-28)30-14-9-15-31(30)37(38)32-18-19-40(43-39(32)34,26-10-5-3-6-11-26)27-12-7-4-8-13-27/h3-8,10-13,18-23,30-31H,9,14-17H2,1-2H3. The van der Waals surface area contributed by atoms with Crippen molar-refractivity contribution < 1.29 is 14.2 Å². The third-order valence-electron chi connectivity index (χ3n) is 10.5. The third-order valence-corrected chi connectivity index (χ3v) is 10.5. The minimum atomic E-state index is -0.736. The van der Waals surface area contributed by atoms with Crippen LogP contribution in [0.5, 0.6) is 17.2 Å². The van der Waals surface area contributed by atoms with E-state index in [1.54, 1.807) is 14.2 Å². The van der Waals surface area contributed by atoms with E-state index >= 15 is 0 Å². The predicted octanol–water partition coefficient (Wildman–Crippen LogP) is 9.34. The number of aryl methyl sites for hydroxylation is 2.